The van der Waals surface area contributed by atoms with Gasteiger partial charge >= 0.3 is 0 Å². The second kappa shape index (κ2) is 6.24. The van der Waals surface area contributed by atoms with Gasteiger partial charge in [0, 0.05) is 5.92 Å². The second-order valence-electron chi connectivity index (χ2n) is 3.99. The molecular formula is C14H19N. The summed E-state index contributed by atoms with van der Waals surface area (Å²) in [7, 11) is 0. The maximum absolute atomic E-state index is 8.97. The van der Waals surface area contributed by atoms with Crippen molar-refractivity contribution in [1.29, 1.82) is 5.26 Å². The molecule has 0 aliphatic carbocycles. The van der Waals surface area contributed by atoms with Crippen molar-refractivity contribution < 1.29 is 0 Å². The summed E-state index contributed by atoms with van der Waals surface area (Å²) in [6.07, 6.45) is 3.07. The Balaban J connectivity index is 2.69. The van der Waals surface area contributed by atoms with Crippen LogP contribution >= 0.6 is 0 Å². The Hall–Kier alpha value is -1.29. The fourth-order valence-corrected chi connectivity index (χ4v) is 1.92. The summed E-state index contributed by atoms with van der Waals surface area (Å²) in [4.78, 5) is 0. The third-order valence-electron chi connectivity index (χ3n) is 3.01. The van der Waals surface area contributed by atoms with Crippen molar-refractivity contribution in [1.82, 2.24) is 0 Å². The van der Waals surface area contributed by atoms with Crippen LogP contribution < -0.4 is 0 Å². The summed E-state index contributed by atoms with van der Waals surface area (Å²) in [5.41, 5.74) is 1.37. The molecule has 0 aromatic heterocycles. The van der Waals surface area contributed by atoms with Gasteiger partial charge in [0.15, 0.2) is 0 Å². The van der Waals surface area contributed by atoms with E-state index in [1.807, 2.05) is 6.07 Å². The molecule has 0 saturated carbocycles. The van der Waals surface area contributed by atoms with Crippen LogP contribution in [0.4, 0.5) is 0 Å². The molecule has 0 fully saturated rings. The van der Waals surface area contributed by atoms with Gasteiger partial charge < -0.3 is 0 Å². The summed E-state index contributed by atoms with van der Waals surface area (Å²) in [6, 6.07) is 12.9. The Labute approximate surface area is 92.7 Å². The molecule has 2 atom stereocenters. The number of benzene rings is 1. The Kier molecular flexibility index (Phi) is 4.90. The van der Waals surface area contributed by atoms with Gasteiger partial charge in [0.2, 0.25) is 0 Å². The van der Waals surface area contributed by atoms with Gasteiger partial charge in [-0.05, 0) is 30.7 Å². The molecule has 0 N–H and O–H groups in total. The number of rotatable bonds is 5. The predicted octanol–water partition coefficient (Wildman–Crippen LogP) is 4.12. The van der Waals surface area contributed by atoms with Crippen LogP contribution in [-0.4, -0.2) is 0 Å². The quantitative estimate of drug-likeness (QED) is 0.703. The first-order valence-electron chi connectivity index (χ1n) is 5.76. The molecule has 0 aliphatic rings. The van der Waals surface area contributed by atoms with E-state index in [1.54, 1.807) is 0 Å². The van der Waals surface area contributed by atoms with Crippen molar-refractivity contribution in [2.75, 3.05) is 0 Å². The third-order valence-corrected chi connectivity index (χ3v) is 3.01. The van der Waals surface area contributed by atoms with Gasteiger partial charge in [0.25, 0.3) is 0 Å². The summed E-state index contributed by atoms with van der Waals surface area (Å²) >= 11 is 0. The zero-order chi connectivity index (χ0) is 11.1. The van der Waals surface area contributed by atoms with Crippen LogP contribution in [0.25, 0.3) is 0 Å². The zero-order valence-corrected chi connectivity index (χ0v) is 9.61. The van der Waals surface area contributed by atoms with E-state index in [0.717, 1.165) is 19.3 Å². The van der Waals surface area contributed by atoms with Crippen molar-refractivity contribution in [3.05, 3.63) is 35.9 Å². The molecule has 0 amide bonds. The van der Waals surface area contributed by atoms with Crippen LogP contribution in [0.2, 0.25) is 0 Å². The molecule has 0 heterocycles. The first kappa shape index (κ1) is 11.8. The lowest BCUT2D eigenvalue weighted by Crippen LogP contribution is -2.04. The lowest BCUT2D eigenvalue weighted by molar-refractivity contribution is 0.493. The smallest absolute Gasteiger partial charge is 0.0655 e. The molecule has 1 nitrogen and oxygen atoms in total. The Morgan fingerprint density at radius 1 is 1.13 bits per heavy atom. The van der Waals surface area contributed by atoms with E-state index in [0.29, 0.717) is 5.92 Å². The zero-order valence-electron chi connectivity index (χ0n) is 9.61. The number of hydrogen-bond acceptors (Lipinski definition) is 1. The third kappa shape index (κ3) is 3.40. The van der Waals surface area contributed by atoms with Gasteiger partial charge in [-0.1, -0.05) is 44.2 Å². The van der Waals surface area contributed by atoms with Crippen molar-refractivity contribution in [3.8, 4) is 6.07 Å². The average Bonchev–Trinajstić information content (AvgIpc) is 2.32. The van der Waals surface area contributed by atoms with Crippen LogP contribution in [0.3, 0.4) is 0 Å². The summed E-state index contributed by atoms with van der Waals surface area (Å²) in [6.45, 7) is 4.29. The molecule has 0 spiro atoms. The Morgan fingerprint density at radius 3 is 2.27 bits per heavy atom. The van der Waals surface area contributed by atoms with Crippen LogP contribution in [-0.2, 0) is 0 Å². The molecule has 1 rings (SSSR count). The lowest BCUT2D eigenvalue weighted by atomic mass is 9.86. The first-order chi connectivity index (χ1) is 7.31. The number of nitriles is 1. The van der Waals surface area contributed by atoms with Gasteiger partial charge in [-0.2, -0.15) is 5.26 Å². The minimum absolute atomic E-state index is 0.204. The normalized spacial score (nSPS) is 14.2. The van der Waals surface area contributed by atoms with Crippen LogP contribution in [0.1, 0.15) is 44.6 Å². The maximum atomic E-state index is 8.97. The van der Waals surface area contributed by atoms with Crippen LogP contribution in [0.15, 0.2) is 30.3 Å². The van der Waals surface area contributed by atoms with Crippen molar-refractivity contribution in [2.45, 2.75) is 39.0 Å². The van der Waals surface area contributed by atoms with E-state index in [2.05, 4.69) is 44.2 Å². The monoisotopic (exact) mass is 201 g/mol. The Morgan fingerprint density at radius 2 is 1.80 bits per heavy atom. The Bertz CT molecular complexity index is 310. The molecular weight excluding hydrogens is 182 g/mol. The molecule has 0 radical (unpaired) electrons. The lowest BCUT2D eigenvalue weighted by Gasteiger charge is -2.17. The highest BCUT2D eigenvalue weighted by Crippen LogP contribution is 2.27. The van der Waals surface area contributed by atoms with Crippen molar-refractivity contribution in [2.24, 2.45) is 5.92 Å². The van der Waals surface area contributed by atoms with E-state index < -0.39 is 0 Å². The molecule has 1 heteroatoms. The molecule has 1 aromatic carbocycles. The van der Waals surface area contributed by atoms with Gasteiger partial charge in [0.05, 0.1) is 6.07 Å². The molecule has 0 aliphatic heterocycles. The van der Waals surface area contributed by atoms with E-state index >= 15 is 0 Å². The van der Waals surface area contributed by atoms with E-state index in [4.69, 9.17) is 5.26 Å². The standard InChI is InChI=1S/C14H19N/c1-3-12(11-15)10-13(4-2)14-8-6-5-7-9-14/h5-9,12-13H,3-4,10H2,1-2H3. The van der Waals surface area contributed by atoms with Gasteiger partial charge in [0.1, 0.15) is 0 Å². The molecule has 0 bridgehead atoms. The number of hydrogen-bond donors (Lipinski definition) is 0. The van der Waals surface area contributed by atoms with Gasteiger partial charge in [-0.25, -0.2) is 0 Å². The molecule has 15 heavy (non-hydrogen) atoms. The predicted molar refractivity (Wildman–Crippen MR) is 63.5 cm³/mol. The van der Waals surface area contributed by atoms with Crippen molar-refractivity contribution in [3.63, 3.8) is 0 Å². The second-order valence-corrected chi connectivity index (χ2v) is 3.99. The summed E-state index contributed by atoms with van der Waals surface area (Å²) in [5.74, 6) is 0.742. The highest BCUT2D eigenvalue weighted by atomic mass is 14.3. The molecule has 0 saturated heterocycles. The minimum Gasteiger partial charge on any atom is -0.198 e. The topological polar surface area (TPSA) is 23.8 Å². The maximum Gasteiger partial charge on any atom is 0.0655 e. The van der Waals surface area contributed by atoms with E-state index in [1.165, 1.54) is 5.56 Å². The van der Waals surface area contributed by atoms with Gasteiger partial charge in [-0.15, -0.1) is 0 Å². The molecule has 2 unspecified atom stereocenters. The minimum atomic E-state index is 0.204. The first-order valence-corrected chi connectivity index (χ1v) is 5.76. The van der Waals surface area contributed by atoms with E-state index in [-0.39, 0.29) is 5.92 Å². The highest BCUT2D eigenvalue weighted by molar-refractivity contribution is 5.19. The van der Waals surface area contributed by atoms with E-state index in [9.17, 15) is 0 Å². The molecule has 80 valence electrons. The molecule has 1 aromatic rings. The van der Waals surface area contributed by atoms with Crippen molar-refractivity contribution >= 4 is 0 Å². The summed E-state index contributed by atoms with van der Waals surface area (Å²) < 4.78 is 0. The average molecular weight is 201 g/mol. The highest BCUT2D eigenvalue weighted by Gasteiger charge is 2.14. The van der Waals surface area contributed by atoms with Gasteiger partial charge in [-0.3, -0.25) is 0 Å². The SMILES string of the molecule is CCC(C#N)CC(CC)c1ccccc1. The fraction of sp³-hybridized carbons (Fsp3) is 0.500. The summed E-state index contributed by atoms with van der Waals surface area (Å²) in [5, 5.41) is 8.97. The number of nitrogens with zero attached hydrogens (tertiary/aromatic N) is 1. The van der Waals surface area contributed by atoms with Crippen LogP contribution in [0.5, 0.6) is 0 Å². The van der Waals surface area contributed by atoms with Crippen LogP contribution in [0, 0.1) is 17.2 Å². The fourth-order valence-electron chi connectivity index (χ4n) is 1.92. The largest absolute Gasteiger partial charge is 0.198 e.